The Balaban J connectivity index is 1.36. The number of rotatable bonds is 6. The molecule has 150 valence electrons. The maximum Gasteiger partial charge on any atom is 0.312 e. The third-order valence-corrected chi connectivity index (χ3v) is 5.78. The van der Waals surface area contributed by atoms with Crippen LogP contribution in [0.4, 0.5) is 5.69 Å². The van der Waals surface area contributed by atoms with Crippen LogP contribution in [0.15, 0.2) is 83.8 Å². The van der Waals surface area contributed by atoms with Gasteiger partial charge in [0.15, 0.2) is 5.78 Å². The second-order valence-corrected chi connectivity index (χ2v) is 7.76. The van der Waals surface area contributed by atoms with Crippen LogP contribution in [0, 0.1) is 0 Å². The summed E-state index contributed by atoms with van der Waals surface area (Å²) in [5.41, 5.74) is 1.95. The van der Waals surface area contributed by atoms with Crippen molar-refractivity contribution in [3.05, 3.63) is 90.0 Å². The van der Waals surface area contributed by atoms with E-state index in [1.54, 1.807) is 41.3 Å². The molecule has 0 unspecified atom stereocenters. The molecule has 0 fully saturated rings. The van der Waals surface area contributed by atoms with E-state index in [9.17, 15) is 14.4 Å². The topological polar surface area (TPSA) is 63.7 Å². The molecule has 0 spiro atoms. The number of fused-ring (bicyclic) bond motifs is 1. The molecular formula is C24H19NO4S. The molecule has 1 amide bonds. The van der Waals surface area contributed by atoms with E-state index in [1.807, 2.05) is 42.5 Å². The number of anilines is 1. The Labute approximate surface area is 178 Å². The number of carbonyl (C=O) groups excluding carboxylic acids is 3. The SMILES string of the molecule is O=C(CCN1C(=O)CSc2ccccc21)Oc1ccc(C(=O)c2ccccc2)cc1. The average Bonchev–Trinajstić information content (AvgIpc) is 2.79. The van der Waals surface area contributed by atoms with Crippen LogP contribution in [0.3, 0.4) is 0 Å². The summed E-state index contributed by atoms with van der Waals surface area (Å²) in [5, 5.41) is 0. The summed E-state index contributed by atoms with van der Waals surface area (Å²) in [5.74, 6) is 0.193. The summed E-state index contributed by atoms with van der Waals surface area (Å²) in [6.45, 7) is 0.264. The molecule has 1 heterocycles. The van der Waals surface area contributed by atoms with Crippen molar-refractivity contribution in [2.45, 2.75) is 11.3 Å². The summed E-state index contributed by atoms with van der Waals surface area (Å²) < 4.78 is 5.38. The molecule has 30 heavy (non-hydrogen) atoms. The molecule has 1 aliphatic heterocycles. The third kappa shape index (κ3) is 4.44. The Morgan fingerprint density at radius 2 is 1.53 bits per heavy atom. The molecule has 4 rings (SSSR count). The number of benzene rings is 3. The zero-order chi connectivity index (χ0) is 20.9. The Morgan fingerprint density at radius 3 is 2.30 bits per heavy atom. The van der Waals surface area contributed by atoms with Gasteiger partial charge in [0.25, 0.3) is 0 Å². The van der Waals surface area contributed by atoms with Gasteiger partial charge in [0.2, 0.25) is 5.91 Å². The van der Waals surface area contributed by atoms with Crippen molar-refractivity contribution in [2.24, 2.45) is 0 Å². The number of amides is 1. The fourth-order valence-electron chi connectivity index (χ4n) is 3.22. The first kappa shape index (κ1) is 19.9. The van der Waals surface area contributed by atoms with Crippen molar-refractivity contribution in [1.29, 1.82) is 0 Å². The van der Waals surface area contributed by atoms with E-state index in [2.05, 4.69) is 0 Å². The molecule has 0 saturated carbocycles. The first-order valence-electron chi connectivity index (χ1n) is 9.54. The number of thioether (sulfide) groups is 1. The number of ether oxygens (including phenoxy) is 1. The highest BCUT2D eigenvalue weighted by molar-refractivity contribution is 8.00. The summed E-state index contributed by atoms with van der Waals surface area (Å²) >= 11 is 1.50. The summed E-state index contributed by atoms with van der Waals surface area (Å²) in [6, 6.07) is 23.1. The highest BCUT2D eigenvalue weighted by atomic mass is 32.2. The van der Waals surface area contributed by atoms with Crippen molar-refractivity contribution in [3.8, 4) is 5.75 Å². The molecule has 5 nitrogen and oxygen atoms in total. The molecule has 0 saturated heterocycles. The highest BCUT2D eigenvalue weighted by Crippen LogP contribution is 2.34. The first-order valence-corrected chi connectivity index (χ1v) is 10.5. The summed E-state index contributed by atoms with van der Waals surface area (Å²) in [7, 11) is 0. The van der Waals surface area contributed by atoms with Crippen LogP contribution >= 0.6 is 11.8 Å². The number of nitrogens with zero attached hydrogens (tertiary/aromatic N) is 1. The first-order chi connectivity index (χ1) is 14.6. The maximum absolute atomic E-state index is 12.4. The number of esters is 1. The van der Waals surface area contributed by atoms with Crippen LogP contribution in [0.2, 0.25) is 0 Å². The van der Waals surface area contributed by atoms with Crippen LogP contribution < -0.4 is 9.64 Å². The van der Waals surface area contributed by atoms with Crippen LogP contribution in [0.5, 0.6) is 5.75 Å². The molecule has 1 aliphatic rings. The Kier molecular flexibility index (Phi) is 5.95. The Bertz CT molecular complexity index is 1080. The van der Waals surface area contributed by atoms with E-state index in [4.69, 9.17) is 4.74 Å². The van der Waals surface area contributed by atoms with E-state index in [-0.39, 0.29) is 24.7 Å². The van der Waals surface area contributed by atoms with E-state index in [0.717, 1.165) is 10.6 Å². The predicted molar refractivity (Wildman–Crippen MR) is 116 cm³/mol. The van der Waals surface area contributed by atoms with E-state index >= 15 is 0 Å². The molecule has 0 aromatic heterocycles. The summed E-state index contributed by atoms with van der Waals surface area (Å²) in [6.07, 6.45) is 0.0788. The van der Waals surface area contributed by atoms with Crippen molar-refractivity contribution < 1.29 is 19.1 Å². The van der Waals surface area contributed by atoms with Gasteiger partial charge in [0.05, 0.1) is 17.9 Å². The van der Waals surface area contributed by atoms with Gasteiger partial charge in [-0.2, -0.15) is 0 Å². The molecule has 0 aliphatic carbocycles. The molecule has 3 aromatic rings. The quantitative estimate of drug-likeness (QED) is 0.339. The number of carbonyl (C=O) groups is 3. The minimum atomic E-state index is -0.430. The van der Waals surface area contributed by atoms with Crippen LogP contribution in [0.1, 0.15) is 22.3 Å². The molecule has 3 aromatic carbocycles. The minimum absolute atomic E-state index is 0.0183. The van der Waals surface area contributed by atoms with Gasteiger partial charge in [-0.15, -0.1) is 11.8 Å². The van der Waals surface area contributed by atoms with Crippen LogP contribution in [-0.4, -0.2) is 30.0 Å². The van der Waals surface area contributed by atoms with E-state index < -0.39 is 5.97 Å². The summed E-state index contributed by atoms with van der Waals surface area (Å²) in [4.78, 5) is 39.7. The molecule has 0 N–H and O–H groups in total. The van der Waals surface area contributed by atoms with Gasteiger partial charge < -0.3 is 9.64 Å². The van der Waals surface area contributed by atoms with Gasteiger partial charge in [0.1, 0.15) is 5.75 Å². The molecule has 0 bridgehead atoms. The van der Waals surface area contributed by atoms with E-state index in [0.29, 0.717) is 22.6 Å². The second kappa shape index (κ2) is 8.97. The van der Waals surface area contributed by atoms with Crippen molar-refractivity contribution in [1.82, 2.24) is 0 Å². The zero-order valence-corrected chi connectivity index (χ0v) is 16.9. The number of para-hydroxylation sites is 1. The number of hydrogen-bond donors (Lipinski definition) is 0. The molecule has 0 radical (unpaired) electrons. The number of ketones is 1. The van der Waals surface area contributed by atoms with Crippen LogP contribution in [0.25, 0.3) is 0 Å². The van der Waals surface area contributed by atoms with Gasteiger partial charge in [-0.05, 0) is 36.4 Å². The van der Waals surface area contributed by atoms with Crippen molar-refractivity contribution >= 4 is 35.1 Å². The van der Waals surface area contributed by atoms with Gasteiger partial charge >= 0.3 is 5.97 Å². The van der Waals surface area contributed by atoms with Crippen molar-refractivity contribution in [2.75, 3.05) is 17.2 Å². The second-order valence-electron chi connectivity index (χ2n) is 6.75. The standard InChI is InChI=1S/C24H19NO4S/c26-22-16-30-21-9-5-4-8-20(21)25(22)15-14-23(27)29-19-12-10-18(11-13-19)24(28)17-6-2-1-3-7-17/h1-13H,14-16H2. The monoisotopic (exact) mass is 417 g/mol. The average molecular weight is 417 g/mol. The van der Waals surface area contributed by atoms with Crippen LogP contribution in [-0.2, 0) is 9.59 Å². The van der Waals surface area contributed by atoms with Gasteiger partial charge in [-0.1, -0.05) is 42.5 Å². The molecular weight excluding hydrogens is 398 g/mol. The van der Waals surface area contributed by atoms with E-state index in [1.165, 1.54) is 11.8 Å². The lowest BCUT2D eigenvalue weighted by atomic mass is 10.0. The van der Waals surface area contributed by atoms with Gasteiger partial charge in [-0.3, -0.25) is 14.4 Å². The lowest BCUT2D eigenvalue weighted by Gasteiger charge is -2.28. The smallest absolute Gasteiger partial charge is 0.312 e. The molecule has 0 atom stereocenters. The highest BCUT2D eigenvalue weighted by Gasteiger charge is 2.25. The van der Waals surface area contributed by atoms with Gasteiger partial charge in [-0.25, -0.2) is 0 Å². The molecule has 6 heteroatoms. The van der Waals surface area contributed by atoms with Crippen molar-refractivity contribution in [3.63, 3.8) is 0 Å². The van der Waals surface area contributed by atoms with Gasteiger partial charge in [0, 0.05) is 22.6 Å². The largest absolute Gasteiger partial charge is 0.426 e. The lowest BCUT2D eigenvalue weighted by Crippen LogP contribution is -2.37. The minimum Gasteiger partial charge on any atom is -0.426 e. The normalized spacial score (nSPS) is 12.9. The zero-order valence-electron chi connectivity index (χ0n) is 16.1. The third-order valence-electron chi connectivity index (χ3n) is 4.73. The fraction of sp³-hybridized carbons (Fsp3) is 0.125. The Hall–Kier alpha value is -3.38. The maximum atomic E-state index is 12.4. The fourth-order valence-corrected chi connectivity index (χ4v) is 4.15. The number of hydrogen-bond acceptors (Lipinski definition) is 5. The Morgan fingerprint density at radius 1 is 0.867 bits per heavy atom. The lowest BCUT2D eigenvalue weighted by molar-refractivity contribution is -0.134. The predicted octanol–water partition coefficient (Wildman–Crippen LogP) is 4.35.